The fraction of sp³-hybridized carbons (Fsp3) is 0.818. The molecule has 0 aromatic rings. The van der Waals surface area contributed by atoms with Crippen LogP contribution in [0.25, 0.3) is 0 Å². The van der Waals surface area contributed by atoms with Crippen LogP contribution in [-0.2, 0) is 14.3 Å². The third-order valence-corrected chi connectivity index (χ3v) is 1.58. The normalized spacial score (nSPS) is 11.2. The first-order valence-corrected chi connectivity index (χ1v) is 5.23. The summed E-state index contributed by atoms with van der Waals surface area (Å²) in [5.74, 6) is -0.0578. The SMILES string of the molecule is CC(=O)CCNCCC(=O)OC(C)(C)C. The van der Waals surface area contributed by atoms with Crippen LogP contribution in [0, 0.1) is 0 Å². The quantitative estimate of drug-likeness (QED) is 0.536. The summed E-state index contributed by atoms with van der Waals surface area (Å²) in [6.45, 7) is 8.26. The topological polar surface area (TPSA) is 55.4 Å². The van der Waals surface area contributed by atoms with E-state index in [-0.39, 0.29) is 11.8 Å². The average Bonchev–Trinajstić information content (AvgIpc) is 1.99. The number of carbonyl (C=O) groups is 2. The van der Waals surface area contributed by atoms with Crippen LogP contribution in [0.15, 0.2) is 0 Å². The van der Waals surface area contributed by atoms with Crippen molar-refractivity contribution in [3.63, 3.8) is 0 Å². The summed E-state index contributed by atoms with van der Waals surface area (Å²) in [5.41, 5.74) is -0.420. The molecule has 15 heavy (non-hydrogen) atoms. The third kappa shape index (κ3) is 11.0. The van der Waals surface area contributed by atoms with Crippen LogP contribution in [0.1, 0.15) is 40.5 Å². The van der Waals surface area contributed by atoms with Gasteiger partial charge in [-0.3, -0.25) is 9.59 Å². The lowest BCUT2D eigenvalue weighted by Gasteiger charge is -2.19. The largest absolute Gasteiger partial charge is 0.460 e. The van der Waals surface area contributed by atoms with Crippen molar-refractivity contribution in [3.8, 4) is 0 Å². The van der Waals surface area contributed by atoms with Crippen molar-refractivity contribution in [2.24, 2.45) is 0 Å². The molecular formula is C11H21NO3. The van der Waals surface area contributed by atoms with Gasteiger partial charge in [-0.15, -0.1) is 0 Å². The molecule has 0 bridgehead atoms. The zero-order chi connectivity index (χ0) is 11.9. The number of rotatable bonds is 6. The number of hydrogen-bond acceptors (Lipinski definition) is 4. The second-order valence-corrected chi connectivity index (χ2v) is 4.54. The maximum Gasteiger partial charge on any atom is 0.307 e. The summed E-state index contributed by atoms with van der Waals surface area (Å²) in [5, 5.41) is 3.01. The predicted molar refractivity (Wildman–Crippen MR) is 58.6 cm³/mol. The molecule has 0 radical (unpaired) electrons. The summed E-state index contributed by atoms with van der Waals surface area (Å²) < 4.78 is 5.12. The number of esters is 1. The van der Waals surface area contributed by atoms with E-state index in [2.05, 4.69) is 5.32 Å². The molecule has 0 unspecified atom stereocenters. The highest BCUT2D eigenvalue weighted by Crippen LogP contribution is 2.07. The Labute approximate surface area is 91.4 Å². The molecule has 88 valence electrons. The summed E-state index contributed by atoms with van der Waals surface area (Å²) in [6, 6.07) is 0. The first kappa shape index (κ1) is 14.1. The summed E-state index contributed by atoms with van der Waals surface area (Å²) in [6.07, 6.45) is 0.851. The first-order chi connectivity index (χ1) is 6.81. The van der Waals surface area contributed by atoms with Gasteiger partial charge in [0.2, 0.25) is 0 Å². The standard InChI is InChI=1S/C11H21NO3/c1-9(13)5-7-12-8-6-10(14)15-11(2,3)4/h12H,5-8H2,1-4H3. The minimum atomic E-state index is -0.420. The van der Waals surface area contributed by atoms with E-state index in [0.717, 1.165) is 0 Å². The van der Waals surface area contributed by atoms with Gasteiger partial charge in [0, 0.05) is 19.5 Å². The zero-order valence-corrected chi connectivity index (χ0v) is 10.1. The van der Waals surface area contributed by atoms with E-state index >= 15 is 0 Å². The van der Waals surface area contributed by atoms with Gasteiger partial charge in [-0.2, -0.15) is 0 Å². The van der Waals surface area contributed by atoms with Crippen LogP contribution in [0.3, 0.4) is 0 Å². The molecule has 0 saturated carbocycles. The summed E-state index contributed by atoms with van der Waals surface area (Å²) in [4.78, 5) is 21.8. The van der Waals surface area contributed by atoms with Gasteiger partial charge >= 0.3 is 5.97 Å². The maximum absolute atomic E-state index is 11.2. The highest BCUT2D eigenvalue weighted by Gasteiger charge is 2.15. The van der Waals surface area contributed by atoms with Crippen LogP contribution < -0.4 is 5.32 Å². The Balaban J connectivity index is 3.44. The Morgan fingerprint density at radius 2 is 1.67 bits per heavy atom. The number of carbonyl (C=O) groups excluding carboxylic acids is 2. The molecular weight excluding hydrogens is 194 g/mol. The van der Waals surface area contributed by atoms with Crippen LogP contribution in [-0.4, -0.2) is 30.4 Å². The van der Waals surface area contributed by atoms with Gasteiger partial charge in [0.1, 0.15) is 11.4 Å². The fourth-order valence-corrected chi connectivity index (χ4v) is 0.972. The van der Waals surface area contributed by atoms with Crippen molar-refractivity contribution in [2.45, 2.75) is 46.1 Å². The Hall–Kier alpha value is -0.900. The molecule has 0 aromatic heterocycles. The van der Waals surface area contributed by atoms with E-state index < -0.39 is 5.60 Å². The van der Waals surface area contributed by atoms with Crippen LogP contribution in [0.2, 0.25) is 0 Å². The summed E-state index contributed by atoms with van der Waals surface area (Å²) >= 11 is 0. The van der Waals surface area contributed by atoms with E-state index in [0.29, 0.717) is 25.9 Å². The van der Waals surface area contributed by atoms with Gasteiger partial charge in [0.25, 0.3) is 0 Å². The molecule has 4 nitrogen and oxygen atoms in total. The number of Topliss-reactive ketones (excluding diaryl/α,β-unsaturated/α-hetero) is 1. The predicted octanol–water partition coefficient (Wildman–Crippen LogP) is 1.29. The molecule has 0 fully saturated rings. The van der Waals surface area contributed by atoms with Gasteiger partial charge in [0.05, 0.1) is 6.42 Å². The second kappa shape index (κ2) is 6.56. The Kier molecular flexibility index (Phi) is 6.17. The van der Waals surface area contributed by atoms with Gasteiger partial charge < -0.3 is 10.1 Å². The minimum Gasteiger partial charge on any atom is -0.460 e. The van der Waals surface area contributed by atoms with Crippen molar-refractivity contribution in [2.75, 3.05) is 13.1 Å². The van der Waals surface area contributed by atoms with E-state index in [1.165, 1.54) is 0 Å². The molecule has 0 aliphatic rings. The van der Waals surface area contributed by atoms with Gasteiger partial charge in [-0.1, -0.05) is 0 Å². The number of hydrogen-bond donors (Lipinski definition) is 1. The average molecular weight is 215 g/mol. The molecule has 0 saturated heterocycles. The van der Waals surface area contributed by atoms with Gasteiger partial charge in [-0.25, -0.2) is 0 Å². The van der Waals surface area contributed by atoms with E-state index in [9.17, 15) is 9.59 Å². The Morgan fingerprint density at radius 1 is 1.13 bits per heavy atom. The lowest BCUT2D eigenvalue weighted by Crippen LogP contribution is -2.27. The lowest BCUT2D eigenvalue weighted by atomic mass is 10.2. The second-order valence-electron chi connectivity index (χ2n) is 4.54. The first-order valence-electron chi connectivity index (χ1n) is 5.23. The third-order valence-electron chi connectivity index (χ3n) is 1.58. The molecule has 0 amide bonds. The van der Waals surface area contributed by atoms with E-state index in [1.54, 1.807) is 6.92 Å². The molecule has 0 atom stereocenters. The molecule has 0 aromatic carbocycles. The Bertz CT molecular complexity index is 218. The smallest absolute Gasteiger partial charge is 0.307 e. The van der Waals surface area contributed by atoms with Crippen molar-refractivity contribution in [1.82, 2.24) is 5.32 Å². The van der Waals surface area contributed by atoms with Crippen molar-refractivity contribution < 1.29 is 14.3 Å². The molecule has 0 rings (SSSR count). The highest BCUT2D eigenvalue weighted by molar-refractivity contribution is 5.75. The zero-order valence-electron chi connectivity index (χ0n) is 10.1. The number of ether oxygens (including phenoxy) is 1. The van der Waals surface area contributed by atoms with Crippen LogP contribution >= 0.6 is 0 Å². The lowest BCUT2D eigenvalue weighted by molar-refractivity contribution is -0.154. The highest BCUT2D eigenvalue weighted by atomic mass is 16.6. The van der Waals surface area contributed by atoms with Gasteiger partial charge in [0.15, 0.2) is 0 Å². The molecule has 0 aliphatic heterocycles. The molecule has 0 aliphatic carbocycles. The minimum absolute atomic E-state index is 0.153. The number of nitrogens with one attached hydrogen (secondary N) is 1. The van der Waals surface area contributed by atoms with Gasteiger partial charge in [-0.05, 0) is 27.7 Å². The van der Waals surface area contributed by atoms with Crippen molar-refractivity contribution >= 4 is 11.8 Å². The van der Waals surface area contributed by atoms with Crippen molar-refractivity contribution in [3.05, 3.63) is 0 Å². The fourth-order valence-electron chi connectivity index (χ4n) is 0.972. The molecule has 1 N–H and O–H groups in total. The van der Waals surface area contributed by atoms with E-state index in [4.69, 9.17) is 4.74 Å². The van der Waals surface area contributed by atoms with E-state index in [1.807, 2.05) is 20.8 Å². The monoisotopic (exact) mass is 215 g/mol. The summed E-state index contributed by atoms with van der Waals surface area (Å²) in [7, 11) is 0. The molecule has 4 heteroatoms. The van der Waals surface area contributed by atoms with Crippen LogP contribution in [0.4, 0.5) is 0 Å². The molecule has 0 spiro atoms. The Morgan fingerprint density at radius 3 is 2.13 bits per heavy atom. The molecule has 0 heterocycles. The van der Waals surface area contributed by atoms with Crippen molar-refractivity contribution in [1.29, 1.82) is 0 Å². The maximum atomic E-state index is 11.2. The number of ketones is 1. The van der Waals surface area contributed by atoms with Crippen LogP contribution in [0.5, 0.6) is 0 Å².